The monoisotopic (exact) mass is 259 g/mol. The van der Waals surface area contributed by atoms with Crippen LogP contribution in [0.1, 0.15) is 5.56 Å². The molecule has 19 heavy (non-hydrogen) atoms. The minimum Gasteiger partial charge on any atom is -0.369 e. The van der Waals surface area contributed by atoms with Crippen LogP contribution in [0, 0.1) is 12.7 Å². The van der Waals surface area contributed by atoms with Crippen LogP contribution >= 0.6 is 0 Å². The summed E-state index contributed by atoms with van der Waals surface area (Å²) in [6.45, 7) is 3.34. The number of nitrogens with zero attached hydrogens (tertiary/aromatic N) is 4. The Labute approximate surface area is 109 Å². The second kappa shape index (κ2) is 4.38. The Morgan fingerprint density at radius 2 is 2.16 bits per heavy atom. The fraction of sp³-hybridized carbons (Fsp3) is 0.231. The number of nitrogens with two attached hydrogens (primary N) is 1. The van der Waals surface area contributed by atoms with Crippen molar-refractivity contribution in [3.05, 3.63) is 42.0 Å². The molecular weight excluding hydrogens is 245 g/mol. The highest BCUT2D eigenvalue weighted by atomic mass is 19.1. The summed E-state index contributed by atoms with van der Waals surface area (Å²) in [5.41, 5.74) is 8.40. The molecule has 0 aliphatic heterocycles. The highest BCUT2D eigenvalue weighted by molar-refractivity contribution is 5.78. The first-order valence-electron chi connectivity index (χ1n) is 6.04. The van der Waals surface area contributed by atoms with Gasteiger partial charge in [0.2, 0.25) is 5.95 Å². The molecule has 0 atom stereocenters. The van der Waals surface area contributed by atoms with E-state index in [0.717, 1.165) is 11.1 Å². The molecule has 0 fully saturated rings. The van der Waals surface area contributed by atoms with Gasteiger partial charge in [-0.3, -0.25) is 4.68 Å². The third kappa shape index (κ3) is 2.16. The van der Waals surface area contributed by atoms with Gasteiger partial charge in [-0.1, -0.05) is 0 Å². The summed E-state index contributed by atoms with van der Waals surface area (Å²) in [7, 11) is 0. The zero-order chi connectivity index (χ0) is 13.4. The van der Waals surface area contributed by atoms with Gasteiger partial charge in [0.25, 0.3) is 0 Å². The molecule has 3 aromatic rings. The molecule has 2 N–H and O–H groups in total. The molecule has 2 aromatic heterocycles. The molecule has 5 nitrogen and oxygen atoms in total. The van der Waals surface area contributed by atoms with Crippen LogP contribution < -0.4 is 5.73 Å². The Bertz CT molecular complexity index is 728. The van der Waals surface area contributed by atoms with Crippen LogP contribution in [0.3, 0.4) is 0 Å². The number of aryl methyl sites for hydroxylation is 3. The summed E-state index contributed by atoms with van der Waals surface area (Å²) < 4.78 is 16.8. The molecule has 0 aliphatic carbocycles. The molecule has 3 rings (SSSR count). The van der Waals surface area contributed by atoms with E-state index in [9.17, 15) is 4.39 Å². The normalized spacial score (nSPS) is 11.3. The Morgan fingerprint density at radius 1 is 1.32 bits per heavy atom. The van der Waals surface area contributed by atoms with Crippen molar-refractivity contribution in [1.82, 2.24) is 19.3 Å². The minimum absolute atomic E-state index is 0.306. The van der Waals surface area contributed by atoms with Gasteiger partial charge in [0.15, 0.2) is 0 Å². The van der Waals surface area contributed by atoms with Crippen molar-refractivity contribution < 1.29 is 4.39 Å². The number of rotatable bonds is 3. The number of imidazole rings is 1. The second-order valence-corrected chi connectivity index (χ2v) is 4.54. The zero-order valence-corrected chi connectivity index (χ0v) is 10.5. The van der Waals surface area contributed by atoms with Gasteiger partial charge >= 0.3 is 0 Å². The first-order chi connectivity index (χ1) is 9.13. The fourth-order valence-corrected chi connectivity index (χ4v) is 2.15. The summed E-state index contributed by atoms with van der Waals surface area (Å²) in [5, 5.41) is 4.22. The SMILES string of the molecule is Cc1cnn(CCn2c(N)nc3cc(F)ccc32)c1. The number of halogens is 1. The Balaban J connectivity index is 1.90. The summed E-state index contributed by atoms with van der Waals surface area (Å²) >= 11 is 0. The maximum absolute atomic E-state index is 13.1. The lowest BCUT2D eigenvalue weighted by Crippen LogP contribution is -2.10. The number of benzene rings is 1. The maximum Gasteiger partial charge on any atom is 0.201 e. The van der Waals surface area contributed by atoms with E-state index in [2.05, 4.69) is 10.1 Å². The average Bonchev–Trinajstić information content (AvgIpc) is 2.89. The first-order valence-corrected chi connectivity index (χ1v) is 6.04. The van der Waals surface area contributed by atoms with Gasteiger partial charge in [-0.05, 0) is 24.6 Å². The molecule has 0 radical (unpaired) electrons. The lowest BCUT2D eigenvalue weighted by atomic mass is 10.3. The Kier molecular flexibility index (Phi) is 2.70. The number of hydrogen-bond donors (Lipinski definition) is 1. The highest BCUT2D eigenvalue weighted by Crippen LogP contribution is 2.18. The molecule has 0 bridgehead atoms. The van der Waals surface area contributed by atoms with Crippen molar-refractivity contribution >= 4 is 17.0 Å². The molecule has 98 valence electrons. The van der Waals surface area contributed by atoms with Gasteiger partial charge in [-0.15, -0.1) is 0 Å². The van der Waals surface area contributed by atoms with Gasteiger partial charge < -0.3 is 10.3 Å². The smallest absolute Gasteiger partial charge is 0.201 e. The first kappa shape index (κ1) is 11.7. The van der Waals surface area contributed by atoms with E-state index < -0.39 is 0 Å². The molecule has 0 unspecified atom stereocenters. The molecule has 1 aromatic carbocycles. The highest BCUT2D eigenvalue weighted by Gasteiger charge is 2.08. The topological polar surface area (TPSA) is 61.7 Å². The molecule has 0 amide bonds. The van der Waals surface area contributed by atoms with Gasteiger partial charge in [-0.2, -0.15) is 5.10 Å². The summed E-state index contributed by atoms with van der Waals surface area (Å²) in [6, 6.07) is 4.50. The van der Waals surface area contributed by atoms with Crippen molar-refractivity contribution in [3.63, 3.8) is 0 Å². The van der Waals surface area contributed by atoms with E-state index in [-0.39, 0.29) is 5.82 Å². The molecule has 0 saturated carbocycles. The maximum atomic E-state index is 13.1. The van der Waals surface area contributed by atoms with Crippen molar-refractivity contribution in [2.24, 2.45) is 0 Å². The molecule has 0 spiro atoms. The molecule has 0 saturated heterocycles. The molecule has 0 aliphatic rings. The van der Waals surface area contributed by atoms with Gasteiger partial charge in [0, 0.05) is 18.8 Å². The number of nitrogen functional groups attached to an aromatic ring is 1. The number of anilines is 1. The average molecular weight is 259 g/mol. The van der Waals surface area contributed by atoms with Crippen molar-refractivity contribution in [2.45, 2.75) is 20.0 Å². The van der Waals surface area contributed by atoms with E-state index in [1.165, 1.54) is 12.1 Å². The molecule has 2 heterocycles. The Hall–Kier alpha value is -2.37. The van der Waals surface area contributed by atoms with Crippen LogP contribution in [0.4, 0.5) is 10.3 Å². The van der Waals surface area contributed by atoms with E-state index in [1.807, 2.05) is 28.6 Å². The molecular formula is C13H14FN5. The third-order valence-electron chi connectivity index (χ3n) is 3.05. The van der Waals surface area contributed by atoms with E-state index >= 15 is 0 Å². The third-order valence-corrected chi connectivity index (χ3v) is 3.05. The number of fused-ring (bicyclic) bond motifs is 1. The van der Waals surface area contributed by atoms with Crippen molar-refractivity contribution in [1.29, 1.82) is 0 Å². The van der Waals surface area contributed by atoms with E-state index in [0.29, 0.717) is 24.6 Å². The standard InChI is InChI=1S/C13H14FN5/c1-9-7-16-18(8-9)4-5-19-12-3-2-10(14)6-11(12)17-13(19)15/h2-3,6-8H,4-5H2,1H3,(H2,15,17). The van der Waals surface area contributed by atoms with Gasteiger partial charge in [0.1, 0.15) is 5.82 Å². The predicted octanol–water partition coefficient (Wildman–Crippen LogP) is 1.96. The van der Waals surface area contributed by atoms with Gasteiger partial charge in [0.05, 0.1) is 23.8 Å². The Morgan fingerprint density at radius 3 is 2.89 bits per heavy atom. The quantitative estimate of drug-likeness (QED) is 0.782. The number of aromatic nitrogens is 4. The van der Waals surface area contributed by atoms with Crippen LogP contribution in [0.25, 0.3) is 11.0 Å². The van der Waals surface area contributed by atoms with Crippen LogP contribution in [-0.2, 0) is 13.1 Å². The summed E-state index contributed by atoms with van der Waals surface area (Å²) in [6.07, 6.45) is 3.78. The minimum atomic E-state index is -0.306. The zero-order valence-electron chi connectivity index (χ0n) is 10.5. The van der Waals surface area contributed by atoms with Crippen LogP contribution in [0.15, 0.2) is 30.6 Å². The van der Waals surface area contributed by atoms with E-state index in [1.54, 1.807) is 6.07 Å². The summed E-state index contributed by atoms with van der Waals surface area (Å²) in [4.78, 5) is 4.16. The van der Waals surface area contributed by atoms with Crippen LogP contribution in [0.5, 0.6) is 0 Å². The fourth-order valence-electron chi connectivity index (χ4n) is 2.15. The van der Waals surface area contributed by atoms with Crippen LogP contribution in [0.2, 0.25) is 0 Å². The van der Waals surface area contributed by atoms with Crippen LogP contribution in [-0.4, -0.2) is 19.3 Å². The largest absolute Gasteiger partial charge is 0.369 e. The van der Waals surface area contributed by atoms with Crippen molar-refractivity contribution in [2.75, 3.05) is 5.73 Å². The van der Waals surface area contributed by atoms with Crippen molar-refractivity contribution in [3.8, 4) is 0 Å². The lowest BCUT2D eigenvalue weighted by Gasteiger charge is -2.06. The second-order valence-electron chi connectivity index (χ2n) is 4.54. The summed E-state index contributed by atoms with van der Waals surface area (Å²) in [5.74, 6) is 0.0873. The predicted molar refractivity (Wildman–Crippen MR) is 71.1 cm³/mol. The van der Waals surface area contributed by atoms with E-state index in [4.69, 9.17) is 5.73 Å². The molecule has 6 heteroatoms. The van der Waals surface area contributed by atoms with Gasteiger partial charge in [-0.25, -0.2) is 9.37 Å². The lowest BCUT2D eigenvalue weighted by molar-refractivity contribution is 0.544. The number of hydrogen-bond acceptors (Lipinski definition) is 3.